The predicted octanol–water partition coefficient (Wildman–Crippen LogP) is 3.52. The Kier molecular flexibility index (Phi) is 5.90. The van der Waals surface area contributed by atoms with Crippen LogP contribution >= 0.6 is 0 Å². The second-order valence-corrected chi connectivity index (χ2v) is 11.5. The van der Waals surface area contributed by atoms with Crippen LogP contribution in [0.3, 0.4) is 0 Å². The minimum Gasteiger partial charge on any atom is -0.386 e. The Morgan fingerprint density at radius 1 is 1.24 bits per heavy atom. The van der Waals surface area contributed by atoms with Gasteiger partial charge in [0.15, 0.2) is 0 Å². The van der Waals surface area contributed by atoms with Crippen LogP contribution in [0.25, 0.3) is 0 Å². The van der Waals surface area contributed by atoms with E-state index in [0.717, 1.165) is 6.42 Å². The lowest BCUT2D eigenvalue weighted by atomic mass is 10.1. The van der Waals surface area contributed by atoms with Crippen LogP contribution in [0.2, 0.25) is 19.6 Å². The van der Waals surface area contributed by atoms with Gasteiger partial charge in [-0.1, -0.05) is 58.0 Å². The Morgan fingerprint density at radius 2 is 1.94 bits per heavy atom. The van der Waals surface area contributed by atoms with Crippen molar-refractivity contribution < 1.29 is 9.84 Å². The maximum absolute atomic E-state index is 9.94. The van der Waals surface area contributed by atoms with Gasteiger partial charge in [-0.3, -0.25) is 0 Å². The average molecular weight is 256 g/mol. The highest BCUT2D eigenvalue weighted by Crippen LogP contribution is 2.33. The fourth-order valence-electron chi connectivity index (χ4n) is 2.11. The van der Waals surface area contributed by atoms with Gasteiger partial charge in [0.2, 0.25) is 0 Å². The van der Waals surface area contributed by atoms with Crippen LogP contribution in [0.1, 0.15) is 39.0 Å². The smallest absolute Gasteiger partial charge is 0.110 e. The minimum atomic E-state index is -1.23. The van der Waals surface area contributed by atoms with Crippen LogP contribution in [-0.4, -0.2) is 31.1 Å². The van der Waals surface area contributed by atoms with Gasteiger partial charge >= 0.3 is 0 Å². The SMILES string of the molecule is CCCCCC/C=C/[C@@H](O)[C@@H]1O[C@H]1[Si](C)(C)C. The Balaban J connectivity index is 2.14. The summed E-state index contributed by atoms with van der Waals surface area (Å²) in [6.45, 7) is 9.09. The third-order valence-corrected chi connectivity index (χ3v) is 5.45. The quantitative estimate of drug-likeness (QED) is 0.312. The summed E-state index contributed by atoms with van der Waals surface area (Å²) in [5, 5.41) is 9.94. The number of hydrogen-bond acceptors (Lipinski definition) is 2. The molecule has 1 fully saturated rings. The molecule has 0 saturated carbocycles. The van der Waals surface area contributed by atoms with Gasteiger partial charge in [0.25, 0.3) is 0 Å². The topological polar surface area (TPSA) is 32.8 Å². The van der Waals surface area contributed by atoms with Gasteiger partial charge in [-0.15, -0.1) is 0 Å². The lowest BCUT2D eigenvalue weighted by molar-refractivity contribution is 0.177. The van der Waals surface area contributed by atoms with Gasteiger partial charge in [0.1, 0.15) is 12.2 Å². The zero-order valence-electron chi connectivity index (χ0n) is 11.8. The molecule has 0 aromatic heterocycles. The molecule has 2 nitrogen and oxygen atoms in total. The Bertz CT molecular complexity index is 245. The molecule has 0 amide bonds. The number of aliphatic hydroxyl groups excluding tert-OH is 1. The number of ether oxygens (including phenoxy) is 1. The second kappa shape index (κ2) is 6.71. The van der Waals surface area contributed by atoms with Crippen LogP contribution in [0, 0.1) is 0 Å². The van der Waals surface area contributed by atoms with Crippen LogP contribution in [0.4, 0.5) is 0 Å². The number of aliphatic hydroxyl groups is 1. The van der Waals surface area contributed by atoms with E-state index in [1.165, 1.54) is 25.7 Å². The van der Waals surface area contributed by atoms with Crippen molar-refractivity contribution in [2.24, 2.45) is 0 Å². The molecule has 1 aliphatic heterocycles. The summed E-state index contributed by atoms with van der Waals surface area (Å²) in [6, 6.07) is 0. The predicted molar refractivity (Wildman–Crippen MR) is 75.9 cm³/mol. The fourth-order valence-corrected chi connectivity index (χ4v) is 3.86. The van der Waals surface area contributed by atoms with Crippen molar-refractivity contribution in [3.05, 3.63) is 12.2 Å². The number of unbranched alkanes of at least 4 members (excludes halogenated alkanes) is 4. The van der Waals surface area contributed by atoms with Crippen LogP contribution in [0.5, 0.6) is 0 Å². The molecule has 1 aliphatic rings. The molecule has 1 N–H and O–H groups in total. The molecular weight excluding hydrogens is 228 g/mol. The number of epoxide rings is 1. The summed E-state index contributed by atoms with van der Waals surface area (Å²) in [5.74, 6) is 0. The summed E-state index contributed by atoms with van der Waals surface area (Å²) in [4.78, 5) is 0. The van der Waals surface area contributed by atoms with E-state index in [2.05, 4.69) is 32.6 Å². The standard InChI is InChI=1S/C14H28O2Si/c1-5-6-7-8-9-10-11-12(15)13-14(16-13)17(2,3)4/h10-15H,5-9H2,1-4H3/b11-10+/t12-,13+,14+/m1/s1. The van der Waals surface area contributed by atoms with Crippen molar-refractivity contribution in [3.63, 3.8) is 0 Å². The molecule has 0 radical (unpaired) electrons. The first-order valence-electron chi connectivity index (χ1n) is 6.97. The summed E-state index contributed by atoms with van der Waals surface area (Å²) in [5.41, 5.74) is 0.349. The number of rotatable bonds is 8. The molecule has 0 bridgehead atoms. The molecule has 0 spiro atoms. The van der Waals surface area contributed by atoms with Crippen molar-refractivity contribution in [1.29, 1.82) is 0 Å². The summed E-state index contributed by atoms with van der Waals surface area (Å²) < 4.78 is 5.60. The minimum absolute atomic E-state index is 0.0774. The lowest BCUT2D eigenvalue weighted by Gasteiger charge is -2.12. The molecule has 1 heterocycles. The second-order valence-electron chi connectivity index (χ2n) is 6.16. The van der Waals surface area contributed by atoms with Crippen molar-refractivity contribution in [3.8, 4) is 0 Å². The van der Waals surface area contributed by atoms with E-state index in [1.54, 1.807) is 0 Å². The van der Waals surface area contributed by atoms with E-state index in [0.29, 0.717) is 5.73 Å². The maximum atomic E-state index is 9.94. The summed E-state index contributed by atoms with van der Waals surface area (Å²) >= 11 is 0. The average Bonchev–Trinajstić information content (AvgIpc) is 3.02. The largest absolute Gasteiger partial charge is 0.386 e. The number of hydrogen-bond donors (Lipinski definition) is 1. The zero-order valence-corrected chi connectivity index (χ0v) is 12.8. The third-order valence-electron chi connectivity index (χ3n) is 3.27. The van der Waals surface area contributed by atoms with Gasteiger partial charge in [-0.2, -0.15) is 0 Å². The lowest BCUT2D eigenvalue weighted by Crippen LogP contribution is -2.33. The van der Waals surface area contributed by atoms with E-state index >= 15 is 0 Å². The van der Waals surface area contributed by atoms with Gasteiger partial charge in [-0.05, 0) is 12.8 Å². The fraction of sp³-hybridized carbons (Fsp3) is 0.857. The molecule has 0 unspecified atom stereocenters. The van der Waals surface area contributed by atoms with Crippen molar-refractivity contribution in [1.82, 2.24) is 0 Å². The number of allylic oxidation sites excluding steroid dienone is 1. The van der Waals surface area contributed by atoms with Crippen LogP contribution in [0.15, 0.2) is 12.2 Å². The maximum Gasteiger partial charge on any atom is 0.110 e. The van der Waals surface area contributed by atoms with Gasteiger partial charge in [0, 0.05) is 0 Å². The molecule has 3 heteroatoms. The molecule has 0 aromatic rings. The van der Waals surface area contributed by atoms with E-state index < -0.39 is 14.2 Å². The van der Waals surface area contributed by atoms with Gasteiger partial charge in [-0.25, -0.2) is 0 Å². The molecule has 3 atom stereocenters. The molecule has 0 aliphatic carbocycles. The van der Waals surface area contributed by atoms with Crippen molar-refractivity contribution >= 4 is 8.07 Å². The molecule has 17 heavy (non-hydrogen) atoms. The van der Waals surface area contributed by atoms with E-state index in [-0.39, 0.29) is 6.10 Å². The highest BCUT2D eigenvalue weighted by atomic mass is 28.3. The molecule has 1 rings (SSSR count). The Labute approximate surface area is 107 Å². The first kappa shape index (κ1) is 14.9. The van der Waals surface area contributed by atoms with E-state index in [1.807, 2.05) is 6.08 Å². The Hall–Kier alpha value is -0.123. The third kappa shape index (κ3) is 5.36. The van der Waals surface area contributed by atoms with Crippen LogP contribution in [-0.2, 0) is 4.74 Å². The normalized spacial score (nSPS) is 26.4. The summed E-state index contributed by atoms with van der Waals surface area (Å²) in [7, 11) is -1.23. The Morgan fingerprint density at radius 3 is 2.47 bits per heavy atom. The molecular formula is C14H28O2Si. The van der Waals surface area contributed by atoms with E-state index in [9.17, 15) is 5.11 Å². The van der Waals surface area contributed by atoms with Crippen molar-refractivity contribution in [2.75, 3.05) is 0 Å². The molecule has 0 aromatic carbocycles. The highest BCUT2D eigenvalue weighted by Gasteiger charge is 2.51. The first-order valence-corrected chi connectivity index (χ1v) is 10.5. The zero-order chi connectivity index (χ0) is 12.9. The molecule has 100 valence electrons. The van der Waals surface area contributed by atoms with Crippen molar-refractivity contribution in [2.45, 2.75) is 76.6 Å². The van der Waals surface area contributed by atoms with Crippen LogP contribution < -0.4 is 0 Å². The monoisotopic (exact) mass is 256 g/mol. The summed E-state index contributed by atoms with van der Waals surface area (Å²) in [6.07, 6.45) is 9.95. The van der Waals surface area contributed by atoms with E-state index in [4.69, 9.17) is 4.74 Å². The molecule has 1 saturated heterocycles. The first-order chi connectivity index (χ1) is 7.96. The van der Waals surface area contributed by atoms with Gasteiger partial charge in [0.05, 0.1) is 13.8 Å². The van der Waals surface area contributed by atoms with Gasteiger partial charge < -0.3 is 9.84 Å². The highest BCUT2D eigenvalue weighted by molar-refractivity contribution is 6.78.